The van der Waals surface area contributed by atoms with Gasteiger partial charge in [0.15, 0.2) is 0 Å². The van der Waals surface area contributed by atoms with Gasteiger partial charge in [0, 0.05) is 20.1 Å². The molecule has 1 amide bonds. The highest BCUT2D eigenvalue weighted by Crippen LogP contribution is 2.20. The maximum atomic E-state index is 13.4. The molecule has 0 atom stereocenters. The molecule has 0 radical (unpaired) electrons. The Morgan fingerprint density at radius 1 is 0.774 bits per heavy atom. The first-order valence-corrected chi connectivity index (χ1v) is 11.6. The van der Waals surface area contributed by atoms with Gasteiger partial charge in [-0.05, 0) is 37.1 Å². The van der Waals surface area contributed by atoms with Crippen molar-refractivity contribution >= 4 is 15.9 Å². The second kappa shape index (κ2) is 9.90. The summed E-state index contributed by atoms with van der Waals surface area (Å²) >= 11 is 0. The van der Waals surface area contributed by atoms with Crippen molar-refractivity contribution in [2.24, 2.45) is 0 Å². The normalized spacial score (nSPS) is 11.5. The molecular formula is C25H28N2O3S. The van der Waals surface area contributed by atoms with E-state index in [4.69, 9.17) is 0 Å². The average molecular weight is 437 g/mol. The maximum absolute atomic E-state index is 13.4. The van der Waals surface area contributed by atoms with Crippen LogP contribution in [-0.2, 0) is 27.9 Å². The molecule has 0 aliphatic heterocycles. The molecule has 6 heteroatoms. The van der Waals surface area contributed by atoms with Crippen LogP contribution in [0.3, 0.4) is 0 Å². The molecule has 3 aromatic carbocycles. The zero-order chi connectivity index (χ0) is 22.4. The van der Waals surface area contributed by atoms with Gasteiger partial charge in [0.2, 0.25) is 15.9 Å². The van der Waals surface area contributed by atoms with Crippen molar-refractivity contribution in [1.82, 2.24) is 9.21 Å². The Bertz CT molecular complexity index is 1130. The lowest BCUT2D eigenvalue weighted by Crippen LogP contribution is -2.40. The molecule has 0 spiro atoms. The van der Waals surface area contributed by atoms with Crippen LogP contribution in [0.5, 0.6) is 0 Å². The molecule has 0 heterocycles. The van der Waals surface area contributed by atoms with E-state index in [2.05, 4.69) is 0 Å². The van der Waals surface area contributed by atoms with Gasteiger partial charge in [-0.1, -0.05) is 77.9 Å². The fraction of sp³-hybridized carbons (Fsp3) is 0.240. The van der Waals surface area contributed by atoms with E-state index >= 15 is 0 Å². The third-order valence-electron chi connectivity index (χ3n) is 5.10. The summed E-state index contributed by atoms with van der Waals surface area (Å²) in [7, 11) is -2.15. The van der Waals surface area contributed by atoms with Crippen molar-refractivity contribution < 1.29 is 13.2 Å². The number of likely N-dealkylation sites (N-methyl/N-ethyl adjacent to an activating group) is 1. The highest BCUT2D eigenvalue weighted by molar-refractivity contribution is 7.89. The van der Waals surface area contributed by atoms with Crippen molar-refractivity contribution in [3.63, 3.8) is 0 Å². The van der Waals surface area contributed by atoms with Gasteiger partial charge >= 0.3 is 0 Å². The number of nitrogens with zero attached hydrogens (tertiary/aromatic N) is 2. The molecule has 0 N–H and O–H groups in total. The first-order valence-electron chi connectivity index (χ1n) is 10.2. The summed E-state index contributed by atoms with van der Waals surface area (Å²) in [5.74, 6) is -0.257. The smallest absolute Gasteiger partial charge is 0.243 e. The number of rotatable bonds is 8. The van der Waals surface area contributed by atoms with Crippen molar-refractivity contribution in [2.45, 2.75) is 31.8 Å². The summed E-state index contributed by atoms with van der Waals surface area (Å²) in [6.07, 6.45) is 0. The third-order valence-corrected chi connectivity index (χ3v) is 6.91. The van der Waals surface area contributed by atoms with E-state index in [0.717, 1.165) is 22.3 Å². The molecule has 0 fully saturated rings. The topological polar surface area (TPSA) is 57.7 Å². The minimum Gasteiger partial charge on any atom is -0.340 e. The molecule has 31 heavy (non-hydrogen) atoms. The second-order valence-corrected chi connectivity index (χ2v) is 9.75. The Hall–Kier alpha value is -2.96. The summed E-state index contributed by atoms with van der Waals surface area (Å²) in [4.78, 5) is 14.7. The fourth-order valence-corrected chi connectivity index (χ4v) is 4.69. The molecule has 3 rings (SSSR count). The molecule has 0 unspecified atom stereocenters. The van der Waals surface area contributed by atoms with Gasteiger partial charge in [-0.15, -0.1) is 0 Å². The molecule has 0 bridgehead atoms. The minimum atomic E-state index is -3.84. The van der Waals surface area contributed by atoms with Crippen LogP contribution in [0.1, 0.15) is 22.3 Å². The molecule has 5 nitrogen and oxygen atoms in total. The van der Waals surface area contributed by atoms with Gasteiger partial charge < -0.3 is 4.90 Å². The lowest BCUT2D eigenvalue weighted by molar-refractivity contribution is -0.130. The van der Waals surface area contributed by atoms with Crippen LogP contribution >= 0.6 is 0 Å². The number of amides is 1. The zero-order valence-electron chi connectivity index (χ0n) is 18.2. The van der Waals surface area contributed by atoms with Gasteiger partial charge in [0.05, 0.1) is 11.4 Å². The number of hydrogen-bond acceptors (Lipinski definition) is 3. The third kappa shape index (κ3) is 6.03. The minimum absolute atomic E-state index is 0.128. The standard InChI is InChI=1S/C25H28N2O3S/c1-20-12-14-24(15-13-20)31(29,30)27(18-23-11-7-8-21(2)16-23)19-25(28)26(3)17-22-9-5-4-6-10-22/h4-16H,17-19H2,1-3H3. The van der Waals surface area contributed by atoms with E-state index in [1.165, 1.54) is 4.31 Å². The van der Waals surface area contributed by atoms with Gasteiger partial charge in [0.25, 0.3) is 0 Å². The van der Waals surface area contributed by atoms with Crippen molar-refractivity contribution in [1.29, 1.82) is 0 Å². The van der Waals surface area contributed by atoms with Crippen LogP contribution < -0.4 is 0 Å². The van der Waals surface area contributed by atoms with Crippen molar-refractivity contribution in [2.75, 3.05) is 13.6 Å². The first kappa shape index (κ1) is 22.7. The van der Waals surface area contributed by atoms with Gasteiger partial charge in [0.1, 0.15) is 0 Å². The molecule has 0 saturated carbocycles. The summed E-state index contributed by atoms with van der Waals surface area (Å²) in [6, 6.07) is 24.0. The Balaban J connectivity index is 1.86. The van der Waals surface area contributed by atoms with E-state index in [0.29, 0.717) is 6.54 Å². The van der Waals surface area contributed by atoms with Gasteiger partial charge in [-0.3, -0.25) is 4.79 Å². The van der Waals surface area contributed by atoms with E-state index in [1.54, 1.807) is 36.2 Å². The molecule has 0 saturated heterocycles. The van der Waals surface area contributed by atoms with Crippen LogP contribution in [0.25, 0.3) is 0 Å². The zero-order valence-corrected chi connectivity index (χ0v) is 19.0. The predicted molar refractivity (Wildman–Crippen MR) is 123 cm³/mol. The van der Waals surface area contributed by atoms with Crippen LogP contribution in [0.15, 0.2) is 83.8 Å². The average Bonchev–Trinajstić information content (AvgIpc) is 2.74. The van der Waals surface area contributed by atoms with E-state index in [-0.39, 0.29) is 23.9 Å². The van der Waals surface area contributed by atoms with Crippen molar-refractivity contribution in [3.05, 3.63) is 101 Å². The molecule has 3 aromatic rings. The van der Waals surface area contributed by atoms with E-state index in [9.17, 15) is 13.2 Å². The number of aryl methyl sites for hydroxylation is 2. The molecule has 162 valence electrons. The van der Waals surface area contributed by atoms with Gasteiger partial charge in [-0.2, -0.15) is 4.31 Å². The summed E-state index contributed by atoms with van der Waals surface area (Å²) in [6.45, 7) is 4.18. The Morgan fingerprint density at radius 2 is 1.42 bits per heavy atom. The van der Waals surface area contributed by atoms with Crippen LogP contribution in [0.2, 0.25) is 0 Å². The highest BCUT2D eigenvalue weighted by atomic mass is 32.2. The predicted octanol–water partition coefficient (Wildman–Crippen LogP) is 4.15. The summed E-state index contributed by atoms with van der Waals surface area (Å²) in [5, 5.41) is 0. The lowest BCUT2D eigenvalue weighted by atomic mass is 10.1. The SMILES string of the molecule is Cc1ccc(S(=O)(=O)N(CC(=O)N(C)Cc2ccccc2)Cc2cccc(C)c2)cc1. The van der Waals surface area contributed by atoms with Crippen molar-refractivity contribution in [3.8, 4) is 0 Å². The van der Waals surface area contributed by atoms with Crippen LogP contribution in [0.4, 0.5) is 0 Å². The Kier molecular flexibility index (Phi) is 7.25. The fourth-order valence-electron chi connectivity index (χ4n) is 3.32. The number of benzene rings is 3. The first-order chi connectivity index (χ1) is 14.8. The van der Waals surface area contributed by atoms with Gasteiger partial charge in [-0.25, -0.2) is 8.42 Å². The molecule has 0 aromatic heterocycles. The largest absolute Gasteiger partial charge is 0.340 e. The number of hydrogen-bond donors (Lipinski definition) is 0. The van der Waals surface area contributed by atoms with Crippen LogP contribution in [0, 0.1) is 13.8 Å². The lowest BCUT2D eigenvalue weighted by Gasteiger charge is -2.25. The van der Waals surface area contributed by atoms with E-state index in [1.807, 2.05) is 68.4 Å². The van der Waals surface area contributed by atoms with E-state index < -0.39 is 10.0 Å². The summed E-state index contributed by atoms with van der Waals surface area (Å²) in [5.41, 5.74) is 3.85. The Morgan fingerprint density at radius 3 is 2.06 bits per heavy atom. The highest BCUT2D eigenvalue weighted by Gasteiger charge is 2.28. The molecule has 0 aliphatic rings. The molecule has 0 aliphatic carbocycles. The maximum Gasteiger partial charge on any atom is 0.243 e. The van der Waals surface area contributed by atoms with Crippen LogP contribution in [-0.4, -0.2) is 37.1 Å². The second-order valence-electron chi connectivity index (χ2n) is 7.81. The number of carbonyl (C=O) groups excluding carboxylic acids is 1. The molecular weight excluding hydrogens is 408 g/mol. The quantitative estimate of drug-likeness (QED) is 0.533. The summed E-state index contributed by atoms with van der Waals surface area (Å²) < 4.78 is 28.1. The number of carbonyl (C=O) groups is 1. The number of sulfonamides is 1. The Labute approximate surface area is 185 Å². The monoisotopic (exact) mass is 436 g/mol.